The van der Waals surface area contributed by atoms with Crippen LogP contribution in [-0.2, 0) is 0 Å². The molecule has 8 heteroatoms. The molecule has 0 saturated heterocycles. The Balaban J connectivity index is 1.17. The van der Waals surface area contributed by atoms with Crippen LogP contribution in [0.2, 0.25) is 0 Å². The maximum Gasteiger partial charge on any atom is 0.139 e. The largest absolute Gasteiger partial charge is 0.294 e. The molecule has 0 spiro atoms. The molecule has 0 radical (unpaired) electrons. The summed E-state index contributed by atoms with van der Waals surface area (Å²) >= 11 is 0. The molecular weight excluding hydrogens is 737 g/mol. The molecule has 1 aliphatic heterocycles. The van der Waals surface area contributed by atoms with Crippen molar-refractivity contribution >= 4 is 49.8 Å². The van der Waals surface area contributed by atoms with Gasteiger partial charge in [-0.15, -0.1) is 0 Å². The highest BCUT2D eigenvalue weighted by Gasteiger charge is 2.30. The Hall–Kier alpha value is -8.36. The maximum atomic E-state index is 5.41. The first-order valence-corrected chi connectivity index (χ1v) is 19.8. The smallest absolute Gasteiger partial charge is 0.139 e. The summed E-state index contributed by atoms with van der Waals surface area (Å²) in [6.45, 7) is 0. The molecule has 4 aromatic carbocycles. The average Bonchev–Trinajstić information content (AvgIpc) is 3.65. The minimum absolute atomic E-state index is 0.758. The maximum absolute atomic E-state index is 5.41. The lowest BCUT2D eigenvalue weighted by Crippen LogP contribution is -2.17. The Bertz CT molecular complexity index is 3300. The van der Waals surface area contributed by atoms with Gasteiger partial charge in [0.2, 0.25) is 0 Å². The van der Waals surface area contributed by atoms with Gasteiger partial charge in [-0.1, -0.05) is 72.8 Å². The number of para-hydroxylation sites is 1. The third-order valence-corrected chi connectivity index (χ3v) is 11.3. The number of hydrogen-bond acceptors (Lipinski definition) is 7. The standard InChI is InChI=1S/C52H32N8/c1-2-21-46-36(15-1)38-31-39-37-16-11-13-33-14-12-22-47(52(33)37)60(51-30-35(41-18-4-8-24-54-41)28-45(58-51)43-20-6-10-26-56-43)49(39)32-48(38)59(46)50-29-34(40-17-3-7-23-53-40)27-44(57-50)42-19-5-9-25-55-42/h1-32H. The van der Waals surface area contributed by atoms with E-state index in [9.17, 15) is 0 Å². The number of nitrogens with zero attached hydrogens (tertiary/aromatic N) is 8. The number of rotatable bonds is 6. The molecule has 60 heavy (non-hydrogen) atoms. The van der Waals surface area contributed by atoms with Crippen molar-refractivity contribution in [3.05, 3.63) is 195 Å². The summed E-state index contributed by atoms with van der Waals surface area (Å²) in [5, 5.41) is 4.58. The first-order valence-electron chi connectivity index (χ1n) is 19.8. The molecule has 280 valence electrons. The van der Waals surface area contributed by atoms with Crippen LogP contribution in [0.5, 0.6) is 0 Å². The molecule has 11 aromatic rings. The topological polar surface area (TPSA) is 85.5 Å². The predicted molar refractivity (Wildman–Crippen MR) is 240 cm³/mol. The van der Waals surface area contributed by atoms with E-state index >= 15 is 0 Å². The van der Waals surface area contributed by atoms with Gasteiger partial charge in [0.1, 0.15) is 11.6 Å². The van der Waals surface area contributed by atoms with Gasteiger partial charge < -0.3 is 0 Å². The fourth-order valence-corrected chi connectivity index (χ4v) is 8.68. The van der Waals surface area contributed by atoms with Gasteiger partial charge >= 0.3 is 0 Å². The van der Waals surface area contributed by atoms with E-state index in [0.29, 0.717) is 0 Å². The Morgan fingerprint density at radius 3 is 1.55 bits per heavy atom. The Morgan fingerprint density at radius 2 is 0.917 bits per heavy atom. The molecular formula is C52H32N8. The Morgan fingerprint density at radius 1 is 0.350 bits per heavy atom. The second-order valence-electron chi connectivity index (χ2n) is 14.8. The lowest BCUT2D eigenvalue weighted by Gasteiger charge is -2.33. The Labute approximate surface area is 344 Å². The fraction of sp³-hybridized carbons (Fsp3) is 0. The molecule has 8 nitrogen and oxygen atoms in total. The number of fused-ring (bicyclic) bond motifs is 5. The summed E-state index contributed by atoms with van der Waals surface area (Å²) in [6.07, 6.45) is 7.27. The monoisotopic (exact) mass is 768 g/mol. The van der Waals surface area contributed by atoms with Gasteiger partial charge in [0, 0.05) is 57.6 Å². The minimum atomic E-state index is 0.758. The van der Waals surface area contributed by atoms with Gasteiger partial charge in [-0.3, -0.25) is 29.4 Å². The molecule has 0 bridgehead atoms. The number of pyridine rings is 6. The van der Waals surface area contributed by atoms with Crippen molar-refractivity contribution in [3.8, 4) is 62.2 Å². The van der Waals surface area contributed by atoms with E-state index < -0.39 is 0 Å². The van der Waals surface area contributed by atoms with Crippen molar-refractivity contribution in [3.63, 3.8) is 0 Å². The third kappa shape index (κ3) is 5.46. The van der Waals surface area contributed by atoms with E-state index in [4.69, 9.17) is 29.9 Å². The lowest BCUT2D eigenvalue weighted by atomic mass is 9.90. The molecule has 0 amide bonds. The van der Waals surface area contributed by atoms with Gasteiger partial charge in [0.25, 0.3) is 0 Å². The summed E-state index contributed by atoms with van der Waals surface area (Å²) in [4.78, 5) is 32.0. The van der Waals surface area contributed by atoms with Crippen LogP contribution in [0.25, 0.3) is 94.8 Å². The van der Waals surface area contributed by atoms with E-state index in [0.717, 1.165) is 101 Å². The van der Waals surface area contributed by atoms with Crippen molar-refractivity contribution in [2.45, 2.75) is 0 Å². The zero-order valence-corrected chi connectivity index (χ0v) is 32.1. The van der Waals surface area contributed by atoms with Crippen LogP contribution >= 0.6 is 0 Å². The summed E-state index contributed by atoms with van der Waals surface area (Å²) in [5.41, 5.74) is 13.1. The van der Waals surface area contributed by atoms with Crippen LogP contribution in [0.4, 0.5) is 17.2 Å². The van der Waals surface area contributed by atoms with Gasteiger partial charge in [0.05, 0.1) is 56.6 Å². The summed E-state index contributed by atoms with van der Waals surface area (Å²) in [6, 6.07) is 58.6. The summed E-state index contributed by atoms with van der Waals surface area (Å²) in [5.74, 6) is 1.53. The number of aromatic nitrogens is 7. The van der Waals surface area contributed by atoms with Crippen LogP contribution in [0.3, 0.4) is 0 Å². The number of anilines is 3. The average molecular weight is 769 g/mol. The highest BCUT2D eigenvalue weighted by atomic mass is 15.2. The van der Waals surface area contributed by atoms with E-state index in [1.165, 1.54) is 10.9 Å². The molecule has 0 aliphatic carbocycles. The zero-order valence-electron chi connectivity index (χ0n) is 32.1. The van der Waals surface area contributed by atoms with Crippen LogP contribution in [-0.4, -0.2) is 34.5 Å². The SMILES string of the molecule is c1ccc(-c2cc(-c3ccccn3)nc(N3c4cc5c(cc4-c4cccc6cccc3c46)c3ccccc3n5-c3cc(-c4ccccn4)cc(-c4ccccn4)n3)c2)nc1. The zero-order chi connectivity index (χ0) is 39.6. The minimum Gasteiger partial charge on any atom is -0.294 e. The number of hydrogen-bond donors (Lipinski definition) is 0. The predicted octanol–water partition coefficient (Wildman–Crippen LogP) is 12.4. The van der Waals surface area contributed by atoms with E-state index in [2.05, 4.69) is 107 Å². The van der Waals surface area contributed by atoms with Crippen molar-refractivity contribution in [2.75, 3.05) is 4.90 Å². The second-order valence-corrected chi connectivity index (χ2v) is 14.8. The summed E-state index contributed by atoms with van der Waals surface area (Å²) in [7, 11) is 0. The van der Waals surface area contributed by atoms with Crippen LogP contribution < -0.4 is 4.90 Å². The molecule has 8 heterocycles. The van der Waals surface area contributed by atoms with Crippen LogP contribution in [0.15, 0.2) is 195 Å². The molecule has 0 fully saturated rings. The Kier molecular flexibility index (Phi) is 7.67. The van der Waals surface area contributed by atoms with Crippen molar-refractivity contribution in [2.24, 2.45) is 0 Å². The van der Waals surface area contributed by atoms with Crippen LogP contribution in [0.1, 0.15) is 0 Å². The first-order chi connectivity index (χ1) is 29.7. The molecule has 0 saturated carbocycles. The van der Waals surface area contributed by atoms with Crippen molar-refractivity contribution in [1.82, 2.24) is 34.5 Å². The van der Waals surface area contributed by atoms with Gasteiger partial charge in [-0.2, -0.15) is 0 Å². The molecule has 12 rings (SSSR count). The van der Waals surface area contributed by atoms with Crippen molar-refractivity contribution < 1.29 is 0 Å². The molecule has 0 atom stereocenters. The highest BCUT2D eigenvalue weighted by Crippen LogP contribution is 2.53. The van der Waals surface area contributed by atoms with Crippen molar-refractivity contribution in [1.29, 1.82) is 0 Å². The molecule has 7 aromatic heterocycles. The van der Waals surface area contributed by atoms with E-state index in [1.54, 1.807) is 6.20 Å². The fourth-order valence-electron chi connectivity index (χ4n) is 8.68. The summed E-state index contributed by atoms with van der Waals surface area (Å²) < 4.78 is 2.28. The molecule has 0 unspecified atom stereocenters. The van der Waals surface area contributed by atoms with Gasteiger partial charge in [-0.25, -0.2) is 9.97 Å². The van der Waals surface area contributed by atoms with Gasteiger partial charge in [0.15, 0.2) is 0 Å². The lowest BCUT2D eigenvalue weighted by molar-refractivity contribution is 1.07. The molecule has 1 aliphatic rings. The highest BCUT2D eigenvalue weighted by molar-refractivity contribution is 6.19. The molecule has 0 N–H and O–H groups in total. The quantitative estimate of drug-likeness (QED) is 0.166. The third-order valence-electron chi connectivity index (χ3n) is 11.3. The number of benzene rings is 4. The van der Waals surface area contributed by atoms with E-state index in [-0.39, 0.29) is 0 Å². The van der Waals surface area contributed by atoms with Gasteiger partial charge in [-0.05, 0) is 108 Å². The van der Waals surface area contributed by atoms with E-state index in [1.807, 2.05) is 91.4 Å². The second kappa shape index (κ2) is 13.6. The normalized spacial score (nSPS) is 12.0. The van der Waals surface area contributed by atoms with Crippen LogP contribution in [0, 0.1) is 0 Å². The first kappa shape index (κ1) is 33.7.